The Bertz CT molecular complexity index is 1510. The maximum absolute atomic E-state index is 13.1. The van der Waals surface area contributed by atoms with E-state index in [4.69, 9.17) is 5.26 Å². The van der Waals surface area contributed by atoms with Crippen molar-refractivity contribution in [2.24, 2.45) is 10.9 Å². The Labute approximate surface area is 201 Å². The second-order valence-electron chi connectivity index (χ2n) is 8.81. The summed E-state index contributed by atoms with van der Waals surface area (Å²) in [6.45, 7) is 0.745. The van der Waals surface area contributed by atoms with Gasteiger partial charge in [-0.1, -0.05) is 18.2 Å². The highest BCUT2D eigenvalue weighted by Crippen LogP contribution is 2.41. The number of anilines is 2. The number of nitrogens with zero attached hydrogens (tertiary/aromatic N) is 4. The van der Waals surface area contributed by atoms with Crippen molar-refractivity contribution in [2.45, 2.75) is 32.2 Å². The third-order valence-corrected chi connectivity index (χ3v) is 7.80. The van der Waals surface area contributed by atoms with E-state index in [1.807, 2.05) is 24.4 Å². The number of hydrogen-bond donors (Lipinski definition) is 1. The van der Waals surface area contributed by atoms with Crippen molar-refractivity contribution in [3.63, 3.8) is 0 Å². The van der Waals surface area contributed by atoms with Crippen LogP contribution in [0.15, 0.2) is 53.8 Å². The monoisotopic (exact) mass is 463 g/mol. The number of aromatic nitrogens is 2. The molecule has 1 aliphatic carbocycles. The predicted molar refractivity (Wildman–Crippen MR) is 134 cm³/mol. The second-order valence-corrected chi connectivity index (χ2v) is 9.89. The minimum absolute atomic E-state index is 0.00771. The highest BCUT2D eigenvalue weighted by Gasteiger charge is 2.29. The molecule has 0 amide bonds. The van der Waals surface area contributed by atoms with Crippen LogP contribution in [0.5, 0.6) is 0 Å². The SMILES string of the molecule is N#Cc1cccc(CC(=O)C2CCc3c(sc4ncnc(Nc5ccc6c(c5)C=NC6)c34)C2)c1. The van der Waals surface area contributed by atoms with Gasteiger partial charge in [-0.2, -0.15) is 5.26 Å². The van der Waals surface area contributed by atoms with E-state index in [0.717, 1.165) is 58.7 Å². The molecule has 7 heteroatoms. The number of thiophene rings is 1. The van der Waals surface area contributed by atoms with Gasteiger partial charge >= 0.3 is 0 Å². The molecule has 0 bridgehead atoms. The molecule has 34 heavy (non-hydrogen) atoms. The predicted octanol–water partition coefficient (Wildman–Crippen LogP) is 5.16. The van der Waals surface area contributed by atoms with Crippen LogP contribution < -0.4 is 5.32 Å². The topological polar surface area (TPSA) is 91.0 Å². The van der Waals surface area contributed by atoms with Gasteiger partial charge in [0, 0.05) is 29.1 Å². The van der Waals surface area contributed by atoms with Gasteiger partial charge in [0.1, 0.15) is 22.8 Å². The molecule has 1 aliphatic heterocycles. The van der Waals surface area contributed by atoms with Crippen molar-refractivity contribution in [3.8, 4) is 6.07 Å². The first-order chi connectivity index (χ1) is 16.7. The van der Waals surface area contributed by atoms with E-state index in [1.54, 1.807) is 23.7 Å². The quantitative estimate of drug-likeness (QED) is 0.442. The molecule has 4 aromatic rings. The molecule has 1 N–H and O–H groups in total. The van der Waals surface area contributed by atoms with Crippen LogP contribution in [0.3, 0.4) is 0 Å². The Morgan fingerprint density at radius 2 is 2.15 bits per heavy atom. The van der Waals surface area contributed by atoms with Gasteiger partial charge in [-0.15, -0.1) is 11.3 Å². The summed E-state index contributed by atoms with van der Waals surface area (Å²) in [7, 11) is 0. The fraction of sp³-hybridized carbons (Fsp3) is 0.222. The van der Waals surface area contributed by atoms with Crippen molar-refractivity contribution in [2.75, 3.05) is 5.32 Å². The first kappa shape index (κ1) is 20.7. The number of rotatable bonds is 5. The lowest BCUT2D eigenvalue weighted by molar-refractivity contribution is -0.122. The number of carbonyl (C=O) groups excluding carboxylic acids is 1. The summed E-state index contributed by atoms with van der Waals surface area (Å²) >= 11 is 1.67. The Morgan fingerprint density at radius 3 is 3.06 bits per heavy atom. The van der Waals surface area contributed by atoms with E-state index in [9.17, 15) is 4.79 Å². The van der Waals surface area contributed by atoms with E-state index in [0.29, 0.717) is 12.0 Å². The molecule has 0 saturated heterocycles. The van der Waals surface area contributed by atoms with E-state index >= 15 is 0 Å². The van der Waals surface area contributed by atoms with E-state index < -0.39 is 0 Å². The Balaban J connectivity index is 1.25. The van der Waals surface area contributed by atoms with Gasteiger partial charge in [0.15, 0.2) is 0 Å². The molecule has 0 saturated carbocycles. The minimum atomic E-state index is -0.00771. The average molecular weight is 464 g/mol. The zero-order chi connectivity index (χ0) is 23.1. The molecular formula is C27H21N5OS. The standard InChI is InChI=1S/C27H21N5OS/c28-12-17-3-1-2-16(8-17)9-23(33)18-5-7-22-24(11-18)34-27-25(22)26(30-15-31-27)32-21-6-4-19-13-29-14-20(19)10-21/h1-4,6,8,10,14-15,18H,5,7,9,11,13H2,(H,30,31,32). The lowest BCUT2D eigenvalue weighted by Crippen LogP contribution is -2.23. The van der Waals surface area contributed by atoms with E-state index in [2.05, 4.69) is 44.5 Å². The smallest absolute Gasteiger partial charge is 0.142 e. The van der Waals surface area contributed by atoms with Crippen LogP contribution in [0, 0.1) is 17.2 Å². The molecule has 1 unspecified atom stereocenters. The normalized spacial score (nSPS) is 16.1. The van der Waals surface area contributed by atoms with Gasteiger partial charge in [-0.25, -0.2) is 9.97 Å². The summed E-state index contributed by atoms with van der Waals surface area (Å²) in [6.07, 6.45) is 6.28. The fourth-order valence-electron chi connectivity index (χ4n) is 4.89. The summed E-state index contributed by atoms with van der Waals surface area (Å²) in [5.74, 6) is 1.05. The molecule has 6 rings (SSSR count). The minimum Gasteiger partial charge on any atom is -0.340 e. The number of nitriles is 1. The lowest BCUT2D eigenvalue weighted by atomic mass is 9.83. The van der Waals surface area contributed by atoms with Crippen LogP contribution in [-0.2, 0) is 30.6 Å². The number of aryl methyl sites for hydroxylation is 1. The number of Topliss-reactive ketones (excluding diaryl/α,β-unsaturated/α-hetero) is 1. The van der Waals surface area contributed by atoms with Gasteiger partial charge in [0.05, 0.1) is 23.6 Å². The van der Waals surface area contributed by atoms with Crippen molar-refractivity contribution >= 4 is 45.1 Å². The number of nitrogens with one attached hydrogen (secondary N) is 1. The van der Waals surface area contributed by atoms with Crippen LogP contribution in [-0.4, -0.2) is 22.0 Å². The fourth-order valence-corrected chi connectivity index (χ4v) is 6.16. The maximum atomic E-state index is 13.1. The first-order valence-electron chi connectivity index (χ1n) is 11.3. The maximum Gasteiger partial charge on any atom is 0.142 e. The molecule has 0 fully saturated rings. The highest BCUT2D eigenvalue weighted by atomic mass is 32.1. The van der Waals surface area contributed by atoms with Crippen LogP contribution >= 0.6 is 11.3 Å². The van der Waals surface area contributed by atoms with Crippen molar-refractivity contribution < 1.29 is 4.79 Å². The number of hydrogen-bond acceptors (Lipinski definition) is 7. The van der Waals surface area contributed by atoms with Gasteiger partial charge < -0.3 is 5.32 Å². The van der Waals surface area contributed by atoms with Crippen LogP contribution in [0.25, 0.3) is 10.2 Å². The number of ketones is 1. The molecule has 3 heterocycles. The van der Waals surface area contributed by atoms with E-state index in [-0.39, 0.29) is 11.7 Å². The van der Waals surface area contributed by atoms with Gasteiger partial charge in [-0.05, 0) is 65.8 Å². The van der Waals surface area contributed by atoms with Crippen molar-refractivity contribution in [1.82, 2.24) is 9.97 Å². The Morgan fingerprint density at radius 1 is 1.21 bits per heavy atom. The molecule has 166 valence electrons. The summed E-state index contributed by atoms with van der Waals surface area (Å²) in [6, 6.07) is 15.8. The molecule has 2 aliphatic rings. The zero-order valence-electron chi connectivity index (χ0n) is 18.4. The van der Waals surface area contributed by atoms with E-state index in [1.165, 1.54) is 16.0 Å². The van der Waals surface area contributed by atoms with Crippen molar-refractivity contribution in [3.05, 3.63) is 81.5 Å². The third kappa shape index (κ3) is 3.76. The number of fused-ring (bicyclic) bond motifs is 4. The summed E-state index contributed by atoms with van der Waals surface area (Å²) in [5, 5.41) is 13.7. The number of benzene rings is 2. The molecule has 2 aromatic heterocycles. The van der Waals surface area contributed by atoms with Crippen LogP contribution in [0.2, 0.25) is 0 Å². The van der Waals surface area contributed by atoms with Gasteiger partial charge in [-0.3, -0.25) is 9.79 Å². The molecular weight excluding hydrogens is 442 g/mol. The average Bonchev–Trinajstić information content (AvgIpc) is 3.48. The Hall–Kier alpha value is -3.89. The first-order valence-corrected chi connectivity index (χ1v) is 12.2. The van der Waals surface area contributed by atoms with Gasteiger partial charge in [0.2, 0.25) is 0 Å². The summed E-state index contributed by atoms with van der Waals surface area (Å²) < 4.78 is 0. The summed E-state index contributed by atoms with van der Waals surface area (Å²) in [4.78, 5) is 28.7. The van der Waals surface area contributed by atoms with Crippen LogP contribution in [0.1, 0.15) is 39.1 Å². The molecule has 0 spiro atoms. The highest BCUT2D eigenvalue weighted by molar-refractivity contribution is 7.19. The molecule has 0 radical (unpaired) electrons. The van der Waals surface area contributed by atoms with Gasteiger partial charge in [0.25, 0.3) is 0 Å². The number of aliphatic imine (C=N–C) groups is 1. The Kier molecular flexibility index (Phi) is 5.16. The molecule has 6 nitrogen and oxygen atoms in total. The molecule has 2 aromatic carbocycles. The summed E-state index contributed by atoms with van der Waals surface area (Å²) in [5.41, 5.74) is 6.13. The lowest BCUT2D eigenvalue weighted by Gasteiger charge is -2.21. The molecule has 1 atom stereocenters. The number of carbonyl (C=O) groups is 1. The third-order valence-electron chi connectivity index (χ3n) is 6.64. The van der Waals surface area contributed by atoms with Crippen molar-refractivity contribution in [1.29, 1.82) is 5.26 Å². The zero-order valence-corrected chi connectivity index (χ0v) is 19.2. The van der Waals surface area contributed by atoms with Crippen LogP contribution in [0.4, 0.5) is 11.5 Å². The largest absolute Gasteiger partial charge is 0.340 e. The second kappa shape index (κ2) is 8.47.